The second-order valence-corrected chi connectivity index (χ2v) is 12.4. The third-order valence-electron chi connectivity index (χ3n) is 8.27. The molecule has 2 atom stereocenters. The van der Waals surface area contributed by atoms with Crippen LogP contribution in [-0.4, -0.2) is 86.2 Å². The van der Waals surface area contributed by atoms with Crippen molar-refractivity contribution < 1.29 is 19.1 Å². The van der Waals surface area contributed by atoms with Crippen LogP contribution in [0.1, 0.15) is 117 Å². The van der Waals surface area contributed by atoms with Crippen LogP contribution in [0.2, 0.25) is 0 Å². The maximum Gasteiger partial charge on any atom is 0.239 e. The van der Waals surface area contributed by atoms with E-state index in [1.165, 1.54) is 12.8 Å². The molecule has 0 heterocycles. The van der Waals surface area contributed by atoms with Gasteiger partial charge in [0.15, 0.2) is 0 Å². The van der Waals surface area contributed by atoms with Crippen LogP contribution in [-0.2, 0) is 9.59 Å². The van der Waals surface area contributed by atoms with E-state index in [9.17, 15) is 9.59 Å². The first-order valence-electron chi connectivity index (χ1n) is 18.2. The lowest BCUT2D eigenvalue weighted by Crippen LogP contribution is -2.45. The largest absolute Gasteiger partial charge is 0.494 e. The molecule has 2 amide bonds. The van der Waals surface area contributed by atoms with E-state index in [2.05, 4.69) is 13.8 Å². The highest BCUT2D eigenvalue weighted by Crippen LogP contribution is 2.18. The van der Waals surface area contributed by atoms with Gasteiger partial charge < -0.3 is 42.2 Å². The molecule has 0 saturated carbocycles. The summed E-state index contributed by atoms with van der Waals surface area (Å²) in [4.78, 5) is 29.9. The molecular weight excluding hydrogens is 580 g/mol. The first-order chi connectivity index (χ1) is 22.4. The number of carbonyl (C=O) groups excluding carboxylic acids is 2. The van der Waals surface area contributed by atoms with Gasteiger partial charge in [0.1, 0.15) is 11.5 Å². The molecule has 0 radical (unpaired) electrons. The second-order valence-electron chi connectivity index (χ2n) is 12.4. The van der Waals surface area contributed by atoms with Gasteiger partial charge in [-0.2, -0.15) is 0 Å². The molecule has 0 fully saturated rings. The predicted octanol–water partition coefficient (Wildman–Crippen LogP) is 4.95. The highest BCUT2D eigenvalue weighted by Gasteiger charge is 2.21. The summed E-state index contributed by atoms with van der Waals surface area (Å²) in [6, 6.07) is 6.68. The predicted molar refractivity (Wildman–Crippen MR) is 190 cm³/mol. The Morgan fingerprint density at radius 3 is 1.28 bits per heavy atom. The molecule has 266 valence electrons. The zero-order valence-corrected chi connectivity index (χ0v) is 29.3. The van der Waals surface area contributed by atoms with Crippen LogP contribution >= 0.6 is 0 Å². The molecule has 10 nitrogen and oxygen atoms in total. The van der Waals surface area contributed by atoms with E-state index in [0.29, 0.717) is 52.2 Å². The molecule has 0 aromatic heterocycles. The van der Waals surface area contributed by atoms with Crippen LogP contribution in [0.4, 0.5) is 0 Å². The van der Waals surface area contributed by atoms with Gasteiger partial charge >= 0.3 is 0 Å². The van der Waals surface area contributed by atoms with Gasteiger partial charge in [0.05, 0.1) is 25.3 Å². The fourth-order valence-electron chi connectivity index (χ4n) is 5.38. The highest BCUT2D eigenvalue weighted by molar-refractivity contribution is 5.82. The smallest absolute Gasteiger partial charge is 0.239 e. The number of unbranched alkanes of at least 4 members (excludes halogenated alkanes) is 8. The normalized spacial score (nSPS) is 12.5. The van der Waals surface area contributed by atoms with Gasteiger partial charge in [-0.3, -0.25) is 9.59 Å². The second kappa shape index (κ2) is 27.7. The zero-order chi connectivity index (χ0) is 33.8. The van der Waals surface area contributed by atoms with Gasteiger partial charge in [-0.25, -0.2) is 0 Å². The standard InChI is InChI=1S/C36H68N6O4/c1-3-5-7-13-25-41(35(43)33(39)17-9-11-23-37)27-15-29-45-31-19-21-32(22-20-31)46-30-16-28-42(26-14-8-6-4-2)36(44)34(40)18-10-12-24-38/h19-22,33-34H,3-18,23-30,37-40H2,1-2H3/t33-,34-/m0/s1. The summed E-state index contributed by atoms with van der Waals surface area (Å²) < 4.78 is 11.9. The van der Waals surface area contributed by atoms with E-state index < -0.39 is 12.1 Å². The number of hydrogen-bond acceptors (Lipinski definition) is 8. The van der Waals surface area contributed by atoms with Crippen molar-refractivity contribution in [3.63, 3.8) is 0 Å². The molecule has 0 aliphatic heterocycles. The number of nitrogens with zero attached hydrogens (tertiary/aromatic N) is 2. The molecule has 0 aliphatic rings. The monoisotopic (exact) mass is 649 g/mol. The third kappa shape index (κ3) is 19.3. The Bertz CT molecular complexity index is 817. The van der Waals surface area contributed by atoms with Crippen molar-refractivity contribution in [2.45, 2.75) is 129 Å². The van der Waals surface area contributed by atoms with E-state index in [0.717, 1.165) is 102 Å². The van der Waals surface area contributed by atoms with E-state index in [-0.39, 0.29) is 11.8 Å². The number of carbonyl (C=O) groups is 2. The molecular formula is C36H68N6O4. The van der Waals surface area contributed by atoms with Gasteiger partial charge in [0.2, 0.25) is 11.8 Å². The molecule has 8 N–H and O–H groups in total. The number of ether oxygens (including phenoxy) is 2. The number of amides is 2. The maximum absolute atomic E-state index is 13.0. The van der Waals surface area contributed by atoms with Gasteiger partial charge in [0.25, 0.3) is 0 Å². The molecule has 46 heavy (non-hydrogen) atoms. The Hall–Kier alpha value is -2.40. The Kier molecular flexibility index (Phi) is 25.1. The summed E-state index contributed by atoms with van der Waals surface area (Å²) >= 11 is 0. The highest BCUT2D eigenvalue weighted by atomic mass is 16.5. The van der Waals surface area contributed by atoms with Gasteiger partial charge in [-0.15, -0.1) is 0 Å². The van der Waals surface area contributed by atoms with Gasteiger partial charge in [0, 0.05) is 26.2 Å². The number of hydrogen-bond donors (Lipinski definition) is 4. The van der Waals surface area contributed by atoms with Crippen molar-refractivity contribution in [3.8, 4) is 11.5 Å². The van der Waals surface area contributed by atoms with Crippen LogP contribution in [0.15, 0.2) is 24.3 Å². The zero-order valence-electron chi connectivity index (χ0n) is 29.3. The summed E-state index contributed by atoms with van der Waals surface area (Å²) in [5.41, 5.74) is 23.7. The van der Waals surface area contributed by atoms with E-state index in [4.69, 9.17) is 32.4 Å². The molecule has 0 spiro atoms. The topological polar surface area (TPSA) is 163 Å². The first kappa shape index (κ1) is 41.6. The number of nitrogens with two attached hydrogens (primary N) is 4. The molecule has 0 bridgehead atoms. The van der Waals surface area contributed by atoms with E-state index >= 15 is 0 Å². The van der Waals surface area contributed by atoms with Crippen LogP contribution in [0.5, 0.6) is 11.5 Å². The molecule has 10 heteroatoms. The van der Waals surface area contributed by atoms with Crippen molar-refractivity contribution in [2.24, 2.45) is 22.9 Å². The van der Waals surface area contributed by atoms with Gasteiger partial charge in [-0.05, 0) is 88.7 Å². The summed E-state index contributed by atoms with van der Waals surface area (Å²) in [7, 11) is 0. The summed E-state index contributed by atoms with van der Waals surface area (Å²) in [6.45, 7) is 9.38. The lowest BCUT2D eigenvalue weighted by molar-refractivity contribution is -0.133. The Morgan fingerprint density at radius 2 is 0.935 bits per heavy atom. The maximum atomic E-state index is 13.0. The molecule has 0 unspecified atom stereocenters. The van der Waals surface area contributed by atoms with Gasteiger partial charge in [-0.1, -0.05) is 65.2 Å². The molecule has 1 rings (SSSR count). The quantitative estimate of drug-likeness (QED) is 0.0851. The van der Waals surface area contributed by atoms with Crippen molar-refractivity contribution in [1.29, 1.82) is 0 Å². The molecule has 0 aliphatic carbocycles. The molecule has 1 aromatic carbocycles. The minimum atomic E-state index is -0.468. The van der Waals surface area contributed by atoms with Crippen LogP contribution in [0.3, 0.4) is 0 Å². The molecule has 0 saturated heterocycles. The fourth-order valence-corrected chi connectivity index (χ4v) is 5.38. The van der Waals surface area contributed by atoms with Crippen molar-refractivity contribution in [3.05, 3.63) is 24.3 Å². The minimum Gasteiger partial charge on any atom is -0.494 e. The molecule has 1 aromatic rings. The lowest BCUT2D eigenvalue weighted by atomic mass is 10.1. The van der Waals surface area contributed by atoms with Crippen LogP contribution < -0.4 is 32.4 Å². The van der Waals surface area contributed by atoms with E-state index in [1.807, 2.05) is 34.1 Å². The van der Waals surface area contributed by atoms with Crippen molar-refractivity contribution >= 4 is 11.8 Å². The Balaban J connectivity index is 2.50. The average molecular weight is 649 g/mol. The Labute approximate surface area is 280 Å². The van der Waals surface area contributed by atoms with Crippen LogP contribution in [0, 0.1) is 0 Å². The third-order valence-corrected chi connectivity index (χ3v) is 8.27. The minimum absolute atomic E-state index is 0.0318. The number of benzene rings is 1. The summed E-state index contributed by atoms with van der Waals surface area (Å²) in [6.07, 6.45) is 15.2. The van der Waals surface area contributed by atoms with Crippen molar-refractivity contribution in [1.82, 2.24) is 9.80 Å². The Morgan fingerprint density at radius 1 is 0.565 bits per heavy atom. The van der Waals surface area contributed by atoms with E-state index in [1.54, 1.807) is 0 Å². The SMILES string of the molecule is CCCCCCN(CCCOc1ccc(OCCCN(CCCCCC)C(=O)[C@@H](N)CCCCN)cc1)C(=O)[C@@H](N)CCCCN. The van der Waals surface area contributed by atoms with Crippen LogP contribution in [0.25, 0.3) is 0 Å². The summed E-state index contributed by atoms with van der Waals surface area (Å²) in [5.74, 6) is 1.59. The average Bonchev–Trinajstić information content (AvgIpc) is 3.06. The first-order valence-corrected chi connectivity index (χ1v) is 18.2. The fraction of sp³-hybridized carbons (Fsp3) is 0.778. The number of rotatable bonds is 30. The summed E-state index contributed by atoms with van der Waals surface area (Å²) in [5, 5.41) is 0. The lowest BCUT2D eigenvalue weighted by Gasteiger charge is -2.26. The van der Waals surface area contributed by atoms with Crippen molar-refractivity contribution in [2.75, 3.05) is 52.5 Å².